The lowest BCUT2D eigenvalue weighted by molar-refractivity contribution is -0.135. The second-order valence-electron chi connectivity index (χ2n) is 3.00. The molecule has 0 fully saturated rings. The Balaban J connectivity index is 2.51. The van der Waals surface area contributed by atoms with Crippen LogP contribution >= 0.6 is 0 Å². The van der Waals surface area contributed by atoms with Crippen LogP contribution in [-0.4, -0.2) is 33.4 Å². The SMILES string of the molecule is Cc1nn(C)cc1NC(=O)NCC(=O)O. The number of nitrogens with zero attached hydrogens (tertiary/aromatic N) is 2. The molecule has 7 heteroatoms. The molecule has 1 aromatic rings. The van der Waals surface area contributed by atoms with E-state index in [2.05, 4.69) is 15.7 Å². The summed E-state index contributed by atoms with van der Waals surface area (Å²) in [6, 6.07) is -0.562. The van der Waals surface area contributed by atoms with Crippen molar-refractivity contribution in [2.75, 3.05) is 11.9 Å². The number of carboxylic acid groups (broad SMARTS) is 1. The van der Waals surface area contributed by atoms with Crippen LogP contribution in [0.2, 0.25) is 0 Å². The Morgan fingerprint density at radius 2 is 2.27 bits per heavy atom. The lowest BCUT2D eigenvalue weighted by Crippen LogP contribution is -2.33. The van der Waals surface area contributed by atoms with Gasteiger partial charge in [-0.3, -0.25) is 9.48 Å². The van der Waals surface area contributed by atoms with Crippen LogP contribution < -0.4 is 10.6 Å². The molecule has 7 nitrogen and oxygen atoms in total. The second-order valence-corrected chi connectivity index (χ2v) is 3.00. The summed E-state index contributed by atoms with van der Waals surface area (Å²) in [5.41, 5.74) is 1.23. The summed E-state index contributed by atoms with van der Waals surface area (Å²) in [6.45, 7) is 1.33. The van der Waals surface area contributed by atoms with Gasteiger partial charge in [0.25, 0.3) is 0 Å². The summed E-state index contributed by atoms with van der Waals surface area (Å²) >= 11 is 0. The molecule has 0 atom stereocenters. The summed E-state index contributed by atoms with van der Waals surface area (Å²) in [7, 11) is 1.73. The van der Waals surface area contributed by atoms with Gasteiger partial charge in [0.15, 0.2) is 0 Å². The summed E-state index contributed by atoms with van der Waals surface area (Å²) < 4.78 is 1.56. The number of nitrogens with one attached hydrogen (secondary N) is 2. The van der Waals surface area contributed by atoms with Gasteiger partial charge in [-0.2, -0.15) is 5.10 Å². The third-order valence-corrected chi connectivity index (χ3v) is 1.66. The molecule has 0 aromatic carbocycles. The Labute approximate surface area is 86.1 Å². The number of hydrogen-bond acceptors (Lipinski definition) is 3. The molecule has 3 N–H and O–H groups in total. The van der Waals surface area contributed by atoms with E-state index in [0.717, 1.165) is 0 Å². The number of carbonyl (C=O) groups excluding carboxylic acids is 1. The molecule has 0 bridgehead atoms. The number of anilines is 1. The third-order valence-electron chi connectivity index (χ3n) is 1.66. The highest BCUT2D eigenvalue weighted by molar-refractivity contribution is 5.91. The zero-order valence-corrected chi connectivity index (χ0v) is 8.44. The van der Waals surface area contributed by atoms with Gasteiger partial charge in [-0.1, -0.05) is 0 Å². The van der Waals surface area contributed by atoms with Gasteiger partial charge in [0, 0.05) is 13.2 Å². The number of rotatable bonds is 3. The van der Waals surface area contributed by atoms with Gasteiger partial charge in [-0.15, -0.1) is 0 Å². The predicted molar refractivity (Wildman–Crippen MR) is 52.6 cm³/mol. The standard InChI is InChI=1S/C8H12N4O3/c1-5-6(4-12(2)11-5)10-8(15)9-3-7(13)14/h4H,3H2,1-2H3,(H,13,14)(H2,9,10,15). The first-order chi connectivity index (χ1) is 6.99. The highest BCUT2D eigenvalue weighted by atomic mass is 16.4. The molecule has 1 heterocycles. The summed E-state index contributed by atoms with van der Waals surface area (Å²) in [6.07, 6.45) is 1.63. The van der Waals surface area contributed by atoms with Crippen molar-refractivity contribution in [3.63, 3.8) is 0 Å². The maximum Gasteiger partial charge on any atom is 0.323 e. The van der Waals surface area contributed by atoms with E-state index in [-0.39, 0.29) is 0 Å². The molecular formula is C8H12N4O3. The minimum absolute atomic E-state index is 0.412. The Morgan fingerprint density at radius 1 is 1.60 bits per heavy atom. The van der Waals surface area contributed by atoms with E-state index >= 15 is 0 Å². The van der Waals surface area contributed by atoms with Gasteiger partial charge in [0.2, 0.25) is 0 Å². The van der Waals surface area contributed by atoms with Crippen molar-refractivity contribution in [3.05, 3.63) is 11.9 Å². The number of carbonyl (C=O) groups is 2. The first kappa shape index (κ1) is 11.0. The van der Waals surface area contributed by atoms with Crippen molar-refractivity contribution >= 4 is 17.7 Å². The van der Waals surface area contributed by atoms with Gasteiger partial charge >= 0.3 is 12.0 Å². The molecule has 0 aliphatic heterocycles. The summed E-state index contributed by atoms with van der Waals surface area (Å²) in [4.78, 5) is 21.3. The quantitative estimate of drug-likeness (QED) is 0.653. The van der Waals surface area contributed by atoms with Crippen molar-refractivity contribution in [1.82, 2.24) is 15.1 Å². The molecular weight excluding hydrogens is 200 g/mol. The minimum atomic E-state index is -1.09. The lowest BCUT2D eigenvalue weighted by atomic mass is 10.4. The molecule has 0 aliphatic rings. The van der Waals surface area contributed by atoms with Crippen LogP contribution in [0.3, 0.4) is 0 Å². The fourth-order valence-corrected chi connectivity index (χ4v) is 1.04. The van der Waals surface area contributed by atoms with Crippen molar-refractivity contribution in [3.8, 4) is 0 Å². The molecule has 0 radical (unpaired) electrons. The van der Waals surface area contributed by atoms with Crippen LogP contribution in [0.5, 0.6) is 0 Å². The van der Waals surface area contributed by atoms with E-state index in [1.807, 2.05) is 0 Å². The van der Waals surface area contributed by atoms with Gasteiger partial charge < -0.3 is 15.7 Å². The Morgan fingerprint density at radius 3 is 2.73 bits per heavy atom. The predicted octanol–water partition coefficient (Wildman–Crippen LogP) is -0.0654. The van der Waals surface area contributed by atoms with E-state index in [9.17, 15) is 9.59 Å². The zero-order chi connectivity index (χ0) is 11.4. The van der Waals surface area contributed by atoms with Crippen molar-refractivity contribution in [2.45, 2.75) is 6.92 Å². The topological polar surface area (TPSA) is 96.3 Å². The van der Waals surface area contributed by atoms with Crippen LogP contribution in [0.25, 0.3) is 0 Å². The van der Waals surface area contributed by atoms with E-state index < -0.39 is 18.5 Å². The van der Waals surface area contributed by atoms with Crippen molar-refractivity contribution in [2.24, 2.45) is 7.05 Å². The number of aryl methyl sites for hydroxylation is 2. The van der Waals surface area contributed by atoms with Crippen LogP contribution in [0.4, 0.5) is 10.5 Å². The molecule has 1 aromatic heterocycles. The molecule has 0 spiro atoms. The molecule has 82 valence electrons. The molecule has 0 saturated carbocycles. The fourth-order valence-electron chi connectivity index (χ4n) is 1.04. The largest absolute Gasteiger partial charge is 0.480 e. The zero-order valence-electron chi connectivity index (χ0n) is 8.44. The maximum atomic E-state index is 11.2. The Kier molecular flexibility index (Phi) is 3.27. The van der Waals surface area contributed by atoms with Crippen LogP contribution in [-0.2, 0) is 11.8 Å². The smallest absolute Gasteiger partial charge is 0.323 e. The molecule has 15 heavy (non-hydrogen) atoms. The van der Waals surface area contributed by atoms with E-state index in [0.29, 0.717) is 11.4 Å². The highest BCUT2D eigenvalue weighted by Crippen LogP contribution is 2.10. The van der Waals surface area contributed by atoms with E-state index in [1.54, 1.807) is 24.9 Å². The molecule has 0 unspecified atom stereocenters. The number of carboxylic acids is 1. The molecule has 0 saturated heterocycles. The fraction of sp³-hybridized carbons (Fsp3) is 0.375. The first-order valence-electron chi connectivity index (χ1n) is 4.26. The molecule has 0 aliphatic carbocycles. The van der Waals surface area contributed by atoms with Crippen LogP contribution in [0.1, 0.15) is 5.69 Å². The average Bonchev–Trinajstić information content (AvgIpc) is 2.42. The summed E-state index contributed by atoms with van der Waals surface area (Å²) in [5.74, 6) is -1.09. The minimum Gasteiger partial charge on any atom is -0.480 e. The van der Waals surface area contributed by atoms with Crippen molar-refractivity contribution in [1.29, 1.82) is 0 Å². The van der Waals surface area contributed by atoms with Gasteiger partial charge in [0.05, 0.1) is 11.4 Å². The molecule has 2 amide bonds. The van der Waals surface area contributed by atoms with Gasteiger partial charge in [0.1, 0.15) is 6.54 Å². The van der Waals surface area contributed by atoms with Gasteiger partial charge in [-0.05, 0) is 6.92 Å². The van der Waals surface area contributed by atoms with Crippen LogP contribution in [0, 0.1) is 6.92 Å². The monoisotopic (exact) mass is 212 g/mol. The second kappa shape index (κ2) is 4.45. The lowest BCUT2D eigenvalue weighted by Gasteiger charge is -2.03. The number of hydrogen-bond donors (Lipinski definition) is 3. The van der Waals surface area contributed by atoms with E-state index in [1.165, 1.54) is 0 Å². The average molecular weight is 212 g/mol. The first-order valence-corrected chi connectivity index (χ1v) is 4.26. The summed E-state index contributed by atoms with van der Waals surface area (Å²) in [5, 5.41) is 17.0. The number of urea groups is 1. The van der Waals surface area contributed by atoms with Crippen molar-refractivity contribution < 1.29 is 14.7 Å². The number of amides is 2. The molecule has 1 rings (SSSR count). The highest BCUT2D eigenvalue weighted by Gasteiger charge is 2.07. The Bertz CT molecular complexity index is 385. The Hall–Kier alpha value is -2.05. The third kappa shape index (κ3) is 3.29. The number of aliphatic carboxylic acids is 1. The van der Waals surface area contributed by atoms with E-state index in [4.69, 9.17) is 5.11 Å². The van der Waals surface area contributed by atoms with Gasteiger partial charge in [-0.25, -0.2) is 4.79 Å². The number of aromatic nitrogens is 2. The normalized spacial score (nSPS) is 9.73. The van der Waals surface area contributed by atoms with Crippen LogP contribution in [0.15, 0.2) is 6.20 Å². The maximum absolute atomic E-state index is 11.2.